The van der Waals surface area contributed by atoms with Crippen LogP contribution in [0, 0.1) is 11.8 Å². The molecule has 1 aliphatic carbocycles. The predicted octanol–water partition coefficient (Wildman–Crippen LogP) is 2.56. The third-order valence-electron chi connectivity index (χ3n) is 6.37. The number of hydrogen-bond acceptors (Lipinski definition) is 7. The minimum atomic E-state index is -1.13. The third kappa shape index (κ3) is 6.05. The van der Waals surface area contributed by atoms with E-state index < -0.39 is 17.9 Å². The molecule has 1 fully saturated rings. The molecule has 11 nitrogen and oxygen atoms in total. The number of nitrogens with zero attached hydrogens (tertiary/aromatic N) is 3. The van der Waals surface area contributed by atoms with Gasteiger partial charge in [0.2, 0.25) is 11.7 Å². The summed E-state index contributed by atoms with van der Waals surface area (Å²) in [5, 5.41) is 28.8. The van der Waals surface area contributed by atoms with Gasteiger partial charge in [0.1, 0.15) is 11.7 Å². The molecular weight excluding hydrogens is 478 g/mol. The first-order valence-corrected chi connectivity index (χ1v) is 12.3. The smallest absolute Gasteiger partial charge is 0.326 e. The lowest BCUT2D eigenvalue weighted by Gasteiger charge is -2.16. The Morgan fingerprint density at radius 2 is 1.84 bits per heavy atom. The summed E-state index contributed by atoms with van der Waals surface area (Å²) in [5.74, 6) is -1.79. The molecule has 1 aromatic carbocycles. The second-order valence-corrected chi connectivity index (χ2v) is 9.60. The van der Waals surface area contributed by atoms with E-state index in [1.165, 1.54) is 10.9 Å². The summed E-state index contributed by atoms with van der Waals surface area (Å²) in [5.41, 5.74) is 2.15. The van der Waals surface area contributed by atoms with E-state index in [-0.39, 0.29) is 42.7 Å². The lowest BCUT2D eigenvalue weighted by molar-refractivity contribution is -0.140. The molecule has 3 aromatic rings. The zero-order chi connectivity index (χ0) is 26.7. The van der Waals surface area contributed by atoms with Crippen LogP contribution in [0.15, 0.2) is 40.9 Å². The molecule has 2 unspecified atom stereocenters. The van der Waals surface area contributed by atoms with Crippen LogP contribution < -0.4 is 10.6 Å². The average Bonchev–Trinajstić information content (AvgIpc) is 3.44. The monoisotopic (exact) mass is 509 g/mol. The molecule has 1 aliphatic rings. The second kappa shape index (κ2) is 11.0. The molecule has 1 saturated carbocycles. The van der Waals surface area contributed by atoms with Crippen LogP contribution in [-0.2, 0) is 11.3 Å². The normalized spacial score (nSPS) is 14.8. The Balaban J connectivity index is 1.55. The maximum absolute atomic E-state index is 12.9. The van der Waals surface area contributed by atoms with Crippen molar-refractivity contribution < 1.29 is 29.0 Å². The average molecular weight is 510 g/mol. The molecule has 0 saturated heterocycles. The summed E-state index contributed by atoms with van der Waals surface area (Å²) in [7, 11) is 0. The molecule has 2 atom stereocenters. The summed E-state index contributed by atoms with van der Waals surface area (Å²) in [6.07, 6.45) is 3.46. The van der Waals surface area contributed by atoms with Crippen molar-refractivity contribution in [2.45, 2.75) is 52.2 Å². The first kappa shape index (κ1) is 26.1. The Bertz CT molecular complexity index is 1290. The molecule has 2 amide bonds. The number of carbonyl (C=O) groups excluding carboxylic acids is 2. The second-order valence-electron chi connectivity index (χ2n) is 9.60. The van der Waals surface area contributed by atoms with Gasteiger partial charge in [0.05, 0.1) is 25.0 Å². The van der Waals surface area contributed by atoms with Crippen molar-refractivity contribution in [1.29, 1.82) is 0 Å². The number of rotatable bonds is 11. The molecule has 4 rings (SSSR count). The van der Waals surface area contributed by atoms with E-state index in [9.17, 15) is 24.6 Å². The minimum Gasteiger partial charge on any atom is -0.480 e. The van der Waals surface area contributed by atoms with Gasteiger partial charge in [0.15, 0.2) is 0 Å². The lowest BCUT2D eigenvalue weighted by atomic mass is 10.0. The highest BCUT2D eigenvalue weighted by Crippen LogP contribution is 2.32. The van der Waals surface area contributed by atoms with Crippen LogP contribution in [0.4, 0.5) is 0 Å². The van der Waals surface area contributed by atoms with Crippen molar-refractivity contribution in [3.8, 4) is 22.7 Å². The first-order chi connectivity index (χ1) is 17.7. The number of carboxylic acid groups (broad SMARTS) is 1. The zero-order valence-electron chi connectivity index (χ0n) is 21.0. The Morgan fingerprint density at radius 1 is 1.11 bits per heavy atom. The van der Waals surface area contributed by atoms with Crippen molar-refractivity contribution >= 4 is 17.8 Å². The van der Waals surface area contributed by atoms with Gasteiger partial charge >= 0.3 is 5.97 Å². The van der Waals surface area contributed by atoms with Crippen LogP contribution in [0.2, 0.25) is 0 Å². The maximum atomic E-state index is 12.9. The number of hydrogen-bond donors (Lipinski definition) is 4. The quantitative estimate of drug-likeness (QED) is 0.307. The van der Waals surface area contributed by atoms with Crippen molar-refractivity contribution in [3.05, 3.63) is 48.0 Å². The first-order valence-electron chi connectivity index (χ1n) is 12.3. The van der Waals surface area contributed by atoms with Gasteiger partial charge in [0, 0.05) is 17.2 Å². The Labute approximate surface area is 213 Å². The van der Waals surface area contributed by atoms with Crippen LogP contribution in [-0.4, -0.2) is 61.5 Å². The number of oxazole rings is 1. The number of aliphatic hydroxyl groups excluding tert-OH is 1. The number of carboxylic acids is 1. The zero-order valence-corrected chi connectivity index (χ0v) is 21.0. The molecule has 2 aromatic heterocycles. The highest BCUT2D eigenvalue weighted by molar-refractivity contribution is 5.95. The van der Waals surface area contributed by atoms with Crippen LogP contribution in [0.1, 0.15) is 54.7 Å². The molecular formula is C26H31N5O6. The molecule has 0 radical (unpaired) electrons. The van der Waals surface area contributed by atoms with Crippen LogP contribution in [0.5, 0.6) is 0 Å². The summed E-state index contributed by atoms with van der Waals surface area (Å²) in [4.78, 5) is 41.0. The number of benzene rings is 1. The topological polar surface area (TPSA) is 160 Å². The highest BCUT2D eigenvalue weighted by Gasteiger charge is 2.30. The molecule has 0 bridgehead atoms. The fourth-order valence-electron chi connectivity index (χ4n) is 4.05. The van der Waals surface area contributed by atoms with E-state index in [2.05, 4.69) is 20.7 Å². The summed E-state index contributed by atoms with van der Waals surface area (Å²) in [6.45, 7) is 5.39. The van der Waals surface area contributed by atoms with E-state index in [0.717, 1.165) is 12.8 Å². The van der Waals surface area contributed by atoms with Gasteiger partial charge in [-0.1, -0.05) is 26.0 Å². The Morgan fingerprint density at radius 3 is 2.49 bits per heavy atom. The third-order valence-corrected chi connectivity index (χ3v) is 6.37. The van der Waals surface area contributed by atoms with Gasteiger partial charge in [-0.3, -0.25) is 14.3 Å². The number of aromatic nitrogens is 3. The largest absolute Gasteiger partial charge is 0.480 e. The van der Waals surface area contributed by atoms with Gasteiger partial charge < -0.3 is 25.3 Å². The van der Waals surface area contributed by atoms with Crippen molar-refractivity contribution in [2.24, 2.45) is 11.8 Å². The summed E-state index contributed by atoms with van der Waals surface area (Å²) >= 11 is 0. The maximum Gasteiger partial charge on any atom is 0.326 e. The molecule has 0 spiro atoms. The molecule has 0 aliphatic heterocycles. The number of nitrogens with one attached hydrogen (secondary N) is 2. The van der Waals surface area contributed by atoms with E-state index >= 15 is 0 Å². The summed E-state index contributed by atoms with van der Waals surface area (Å²) in [6, 6.07) is 7.80. The van der Waals surface area contributed by atoms with Gasteiger partial charge in [-0.15, -0.1) is 0 Å². The van der Waals surface area contributed by atoms with Gasteiger partial charge in [-0.25, -0.2) is 9.78 Å². The SMILES string of the molecule is CC(C)C(NC(=O)c1cnc(-c2cccc(-c3cc(C(=O)NC(C)C4CC4)n(CCO)n3)c2)o1)C(=O)O. The van der Waals surface area contributed by atoms with Crippen LogP contribution >= 0.6 is 0 Å². The number of aliphatic hydroxyl groups is 1. The molecule has 11 heteroatoms. The number of amides is 2. The van der Waals surface area contributed by atoms with Gasteiger partial charge in [-0.05, 0) is 49.8 Å². The molecule has 196 valence electrons. The fourth-order valence-corrected chi connectivity index (χ4v) is 4.05. The lowest BCUT2D eigenvalue weighted by Crippen LogP contribution is -2.44. The van der Waals surface area contributed by atoms with E-state index in [1.54, 1.807) is 38.1 Å². The number of carbonyl (C=O) groups is 3. The van der Waals surface area contributed by atoms with Crippen molar-refractivity contribution in [2.75, 3.05) is 6.61 Å². The van der Waals surface area contributed by atoms with Crippen molar-refractivity contribution in [1.82, 2.24) is 25.4 Å². The molecule has 2 heterocycles. The Hall–Kier alpha value is -3.99. The van der Waals surface area contributed by atoms with Gasteiger partial charge in [-0.2, -0.15) is 5.10 Å². The predicted molar refractivity (Wildman–Crippen MR) is 134 cm³/mol. The molecule has 4 N–H and O–H groups in total. The van der Waals surface area contributed by atoms with E-state index in [1.807, 2.05) is 13.0 Å². The van der Waals surface area contributed by atoms with Crippen LogP contribution in [0.25, 0.3) is 22.7 Å². The van der Waals surface area contributed by atoms with Crippen LogP contribution in [0.3, 0.4) is 0 Å². The minimum absolute atomic E-state index is 0.0690. The fraction of sp³-hybridized carbons (Fsp3) is 0.423. The highest BCUT2D eigenvalue weighted by atomic mass is 16.4. The van der Waals surface area contributed by atoms with E-state index in [4.69, 9.17) is 4.42 Å². The molecule has 37 heavy (non-hydrogen) atoms. The van der Waals surface area contributed by atoms with E-state index in [0.29, 0.717) is 28.4 Å². The Kier molecular flexibility index (Phi) is 7.72. The number of aliphatic carboxylic acids is 1. The van der Waals surface area contributed by atoms with Gasteiger partial charge in [0.25, 0.3) is 11.8 Å². The standard InChI is InChI=1S/C26H31N5O6/c1-14(2)22(26(35)36)29-24(34)21-13-27-25(37-21)18-6-4-5-17(11-18)19-12-20(31(30-19)9-10-32)23(33)28-15(3)16-7-8-16/h4-6,11-16,22,32H,7-10H2,1-3H3,(H,28,33)(H,29,34)(H,35,36). The summed E-state index contributed by atoms with van der Waals surface area (Å²) < 4.78 is 7.11. The van der Waals surface area contributed by atoms with Crippen molar-refractivity contribution in [3.63, 3.8) is 0 Å².